The highest BCUT2D eigenvalue weighted by atomic mass is 19.1. The van der Waals surface area contributed by atoms with Crippen LogP contribution in [0.2, 0.25) is 0 Å². The van der Waals surface area contributed by atoms with Crippen LogP contribution < -0.4 is 0 Å². The topological polar surface area (TPSA) is 80.7 Å². The minimum atomic E-state index is -1.58. The van der Waals surface area contributed by atoms with Gasteiger partial charge in [0.25, 0.3) is 0 Å². The monoisotopic (exact) mass is 420 g/mol. The number of allylic oxidation sites excluding steroid dienone is 1. The first kappa shape index (κ1) is 21.7. The molecular formula is C24H33FO5. The molecule has 8 atom stereocenters. The number of ether oxygens (including phenoxy) is 1. The Morgan fingerprint density at radius 1 is 1.23 bits per heavy atom. The molecule has 0 unspecified atom stereocenters. The van der Waals surface area contributed by atoms with Crippen LogP contribution in [0.5, 0.6) is 0 Å². The van der Waals surface area contributed by atoms with E-state index in [1.807, 2.05) is 13.8 Å². The Morgan fingerprint density at radius 3 is 2.60 bits per heavy atom. The maximum atomic E-state index is 15.3. The summed E-state index contributed by atoms with van der Waals surface area (Å²) < 4.78 is 20.3. The van der Waals surface area contributed by atoms with Crippen molar-refractivity contribution in [3.05, 3.63) is 11.6 Å². The first-order valence-electron chi connectivity index (χ1n) is 11.2. The van der Waals surface area contributed by atoms with E-state index in [1.165, 1.54) is 6.92 Å². The molecule has 0 bridgehead atoms. The lowest BCUT2D eigenvalue weighted by Crippen LogP contribution is -2.60. The molecule has 4 rings (SSSR count). The summed E-state index contributed by atoms with van der Waals surface area (Å²) in [7, 11) is 0. The SMILES string of the molecule is CC(=O)OCC(=O)[C@@]1(O)[C@H](C)C[C@H]2[C@@H]3C[C@@H](F)C4=CC(=O)CC[C@]4(C)[C@H]3CC[C@@]21C. The molecule has 0 aromatic rings. The molecule has 4 aliphatic carbocycles. The number of halogens is 1. The van der Waals surface area contributed by atoms with Crippen molar-refractivity contribution in [1.82, 2.24) is 0 Å². The molecule has 0 spiro atoms. The highest BCUT2D eigenvalue weighted by molar-refractivity contribution is 5.92. The molecule has 1 N–H and O–H groups in total. The van der Waals surface area contributed by atoms with Crippen molar-refractivity contribution in [2.24, 2.45) is 34.5 Å². The molecule has 0 aromatic heterocycles. The van der Waals surface area contributed by atoms with Gasteiger partial charge in [-0.3, -0.25) is 14.4 Å². The highest BCUT2D eigenvalue weighted by Crippen LogP contribution is 2.69. The highest BCUT2D eigenvalue weighted by Gasteiger charge is 2.69. The van der Waals surface area contributed by atoms with E-state index in [-0.39, 0.29) is 34.9 Å². The van der Waals surface area contributed by atoms with Crippen LogP contribution in [0.3, 0.4) is 0 Å². The summed E-state index contributed by atoms with van der Waals surface area (Å²) in [4.78, 5) is 36.2. The molecule has 0 aromatic carbocycles. The molecular weight excluding hydrogens is 387 g/mol. The van der Waals surface area contributed by atoms with Crippen molar-refractivity contribution in [2.45, 2.75) is 78.0 Å². The molecule has 0 saturated heterocycles. The number of hydrogen-bond donors (Lipinski definition) is 1. The van der Waals surface area contributed by atoms with Gasteiger partial charge in [-0.2, -0.15) is 0 Å². The Balaban J connectivity index is 1.68. The fourth-order valence-electron chi connectivity index (χ4n) is 7.77. The van der Waals surface area contributed by atoms with E-state index in [9.17, 15) is 19.5 Å². The van der Waals surface area contributed by atoms with Crippen molar-refractivity contribution < 1.29 is 28.6 Å². The summed E-state index contributed by atoms with van der Waals surface area (Å²) in [6.45, 7) is 6.77. The largest absolute Gasteiger partial charge is 0.458 e. The van der Waals surface area contributed by atoms with Crippen molar-refractivity contribution in [2.75, 3.05) is 6.61 Å². The Labute approximate surface area is 177 Å². The second-order valence-electron chi connectivity index (χ2n) is 10.6. The van der Waals surface area contributed by atoms with E-state index in [1.54, 1.807) is 6.08 Å². The molecule has 6 heteroatoms. The second kappa shape index (κ2) is 6.98. The van der Waals surface area contributed by atoms with Gasteiger partial charge in [-0.05, 0) is 72.8 Å². The lowest BCUT2D eigenvalue weighted by molar-refractivity contribution is -0.175. The van der Waals surface area contributed by atoms with Gasteiger partial charge in [-0.15, -0.1) is 0 Å². The van der Waals surface area contributed by atoms with Crippen LogP contribution >= 0.6 is 0 Å². The quantitative estimate of drug-likeness (QED) is 0.706. The number of carbonyl (C=O) groups is 3. The molecule has 0 heterocycles. The minimum absolute atomic E-state index is 0.0177. The molecule has 166 valence electrons. The molecule has 0 aliphatic heterocycles. The summed E-state index contributed by atoms with van der Waals surface area (Å²) in [6.07, 6.45) is 3.99. The van der Waals surface area contributed by atoms with Crippen LogP contribution in [0.4, 0.5) is 4.39 Å². The average Bonchev–Trinajstić information content (AvgIpc) is 2.89. The molecule has 30 heavy (non-hydrogen) atoms. The van der Waals surface area contributed by atoms with Crippen LogP contribution in [0.15, 0.2) is 11.6 Å². The number of rotatable bonds is 3. The fourth-order valence-corrected chi connectivity index (χ4v) is 7.77. The van der Waals surface area contributed by atoms with Gasteiger partial charge in [-0.1, -0.05) is 20.8 Å². The lowest BCUT2D eigenvalue weighted by Gasteiger charge is -2.59. The van der Waals surface area contributed by atoms with E-state index in [4.69, 9.17) is 4.74 Å². The Kier molecular flexibility index (Phi) is 5.04. The zero-order valence-corrected chi connectivity index (χ0v) is 18.4. The number of hydrogen-bond acceptors (Lipinski definition) is 5. The molecule has 0 radical (unpaired) electrons. The Bertz CT molecular complexity index is 820. The number of carbonyl (C=O) groups excluding carboxylic acids is 3. The summed E-state index contributed by atoms with van der Waals surface area (Å²) in [5.74, 6) is -0.931. The van der Waals surface area contributed by atoms with Crippen molar-refractivity contribution in [3.63, 3.8) is 0 Å². The number of ketones is 2. The lowest BCUT2D eigenvalue weighted by atomic mass is 9.46. The third kappa shape index (κ3) is 2.78. The van der Waals surface area contributed by atoms with Gasteiger partial charge in [-0.25, -0.2) is 4.39 Å². The fraction of sp³-hybridized carbons (Fsp3) is 0.792. The van der Waals surface area contributed by atoms with Gasteiger partial charge in [0, 0.05) is 18.8 Å². The first-order chi connectivity index (χ1) is 13.9. The van der Waals surface area contributed by atoms with Crippen LogP contribution in [0.1, 0.15) is 66.2 Å². The van der Waals surface area contributed by atoms with Gasteiger partial charge in [0.15, 0.2) is 12.4 Å². The summed E-state index contributed by atoms with van der Waals surface area (Å²) in [5.41, 5.74) is -1.92. The Morgan fingerprint density at radius 2 is 1.93 bits per heavy atom. The van der Waals surface area contributed by atoms with Gasteiger partial charge < -0.3 is 9.84 Å². The van der Waals surface area contributed by atoms with Crippen LogP contribution in [0.25, 0.3) is 0 Å². The summed E-state index contributed by atoms with van der Waals surface area (Å²) in [5, 5.41) is 11.7. The van der Waals surface area contributed by atoms with Crippen molar-refractivity contribution in [3.8, 4) is 0 Å². The van der Waals surface area contributed by atoms with Gasteiger partial charge in [0.1, 0.15) is 11.8 Å². The molecule has 4 aliphatic rings. The van der Waals surface area contributed by atoms with E-state index >= 15 is 4.39 Å². The number of Topliss-reactive ketones (excluding diaryl/α,β-unsaturated/α-hetero) is 1. The molecule has 5 nitrogen and oxygen atoms in total. The molecule has 0 amide bonds. The number of esters is 1. The zero-order chi connectivity index (χ0) is 22.1. The van der Waals surface area contributed by atoms with E-state index in [0.717, 1.165) is 6.42 Å². The van der Waals surface area contributed by atoms with Crippen molar-refractivity contribution in [1.29, 1.82) is 0 Å². The first-order valence-corrected chi connectivity index (χ1v) is 11.2. The normalized spacial score (nSPS) is 47.6. The van der Waals surface area contributed by atoms with Gasteiger partial charge in [0.2, 0.25) is 5.78 Å². The van der Waals surface area contributed by atoms with E-state index in [0.29, 0.717) is 37.7 Å². The van der Waals surface area contributed by atoms with Crippen LogP contribution in [-0.2, 0) is 19.1 Å². The van der Waals surface area contributed by atoms with Crippen LogP contribution in [0, 0.1) is 34.5 Å². The summed E-state index contributed by atoms with van der Waals surface area (Å²) in [6, 6.07) is 0. The minimum Gasteiger partial charge on any atom is -0.458 e. The Hall–Kier alpha value is -1.56. The third-order valence-electron chi connectivity index (χ3n) is 9.35. The molecule has 3 saturated carbocycles. The zero-order valence-electron chi connectivity index (χ0n) is 18.4. The van der Waals surface area contributed by atoms with Crippen LogP contribution in [-0.4, -0.2) is 41.0 Å². The maximum absolute atomic E-state index is 15.3. The number of alkyl halides is 1. The number of fused-ring (bicyclic) bond motifs is 5. The maximum Gasteiger partial charge on any atom is 0.303 e. The summed E-state index contributed by atoms with van der Waals surface area (Å²) >= 11 is 0. The number of aliphatic hydroxyl groups is 1. The smallest absolute Gasteiger partial charge is 0.303 e. The standard InChI is InChI=1S/C24H33FO5/c1-13-9-18-16-11-20(25)19-10-15(27)5-7-22(19,3)17(16)6-8-23(18,4)24(13,29)21(28)12-30-14(2)26/h10,13,16-18,20,29H,5-9,11-12H2,1-4H3/t13-,16-,17+,18+,20-,22-,23+,24+/m1/s1. The van der Waals surface area contributed by atoms with Crippen molar-refractivity contribution >= 4 is 17.5 Å². The predicted molar refractivity (Wildman–Crippen MR) is 108 cm³/mol. The average molecular weight is 421 g/mol. The van der Waals surface area contributed by atoms with E-state index in [2.05, 4.69) is 6.92 Å². The predicted octanol–water partition coefficient (Wildman–Crippen LogP) is 3.58. The third-order valence-corrected chi connectivity index (χ3v) is 9.35. The van der Waals surface area contributed by atoms with E-state index < -0.39 is 35.5 Å². The molecule has 3 fully saturated rings. The second-order valence-corrected chi connectivity index (χ2v) is 10.6. The van der Waals surface area contributed by atoms with Gasteiger partial charge >= 0.3 is 5.97 Å². The van der Waals surface area contributed by atoms with Gasteiger partial charge in [0.05, 0.1) is 0 Å².